The van der Waals surface area contributed by atoms with Gasteiger partial charge in [-0.2, -0.15) is 10.5 Å². The molecular weight excluding hydrogens is 440 g/mol. The SMILES string of the molecule is N#Cc1ccc(-n2c3ccccc3c3ccccc32)c(C#N)c1-n1c2ccccc2c2ccccc21. The van der Waals surface area contributed by atoms with Gasteiger partial charge >= 0.3 is 0 Å². The number of para-hydroxylation sites is 4. The number of fused-ring (bicyclic) bond motifs is 6. The molecule has 7 rings (SSSR count). The number of rotatable bonds is 2. The molecule has 0 N–H and O–H groups in total. The molecule has 36 heavy (non-hydrogen) atoms. The fraction of sp³-hybridized carbons (Fsp3) is 0. The highest BCUT2D eigenvalue weighted by atomic mass is 15.0. The summed E-state index contributed by atoms with van der Waals surface area (Å²) in [5.74, 6) is 0. The van der Waals surface area contributed by atoms with E-state index in [9.17, 15) is 10.5 Å². The Hall–Kier alpha value is -5.32. The van der Waals surface area contributed by atoms with Crippen molar-refractivity contribution in [3.05, 3.63) is 120 Å². The van der Waals surface area contributed by atoms with Crippen LogP contribution in [0.15, 0.2) is 109 Å². The minimum absolute atomic E-state index is 0.461. The minimum Gasteiger partial charge on any atom is -0.308 e. The maximum Gasteiger partial charge on any atom is 0.104 e. The lowest BCUT2D eigenvalue weighted by Crippen LogP contribution is -2.06. The molecule has 4 heteroatoms. The molecule has 0 saturated heterocycles. The predicted molar refractivity (Wildman–Crippen MR) is 145 cm³/mol. The van der Waals surface area contributed by atoms with Crippen molar-refractivity contribution < 1.29 is 0 Å². The zero-order chi connectivity index (χ0) is 24.2. The van der Waals surface area contributed by atoms with Crippen LogP contribution in [0.4, 0.5) is 0 Å². The van der Waals surface area contributed by atoms with Gasteiger partial charge in [0.25, 0.3) is 0 Å². The first-order valence-electron chi connectivity index (χ1n) is 11.8. The Morgan fingerprint density at radius 2 is 0.861 bits per heavy atom. The molecule has 0 bridgehead atoms. The van der Waals surface area contributed by atoms with E-state index in [-0.39, 0.29) is 0 Å². The number of hydrogen-bond donors (Lipinski definition) is 0. The molecule has 0 fully saturated rings. The van der Waals surface area contributed by atoms with E-state index in [1.165, 1.54) is 0 Å². The number of nitriles is 2. The van der Waals surface area contributed by atoms with Crippen LogP contribution in [0.3, 0.4) is 0 Å². The van der Waals surface area contributed by atoms with Gasteiger partial charge in [0, 0.05) is 21.5 Å². The molecule has 0 spiro atoms. The van der Waals surface area contributed by atoms with Crippen LogP contribution in [-0.4, -0.2) is 9.13 Å². The molecule has 4 nitrogen and oxygen atoms in total. The Morgan fingerprint density at radius 1 is 0.444 bits per heavy atom. The van der Waals surface area contributed by atoms with Gasteiger partial charge in [-0.15, -0.1) is 0 Å². The second kappa shape index (κ2) is 7.60. The Morgan fingerprint density at radius 3 is 1.28 bits per heavy atom. The lowest BCUT2D eigenvalue weighted by Gasteiger charge is -2.17. The van der Waals surface area contributed by atoms with Crippen molar-refractivity contribution in [3.63, 3.8) is 0 Å². The van der Waals surface area contributed by atoms with Crippen molar-refractivity contribution in [1.29, 1.82) is 10.5 Å². The monoisotopic (exact) mass is 458 g/mol. The first-order chi connectivity index (χ1) is 17.8. The third kappa shape index (κ3) is 2.61. The van der Waals surface area contributed by atoms with E-state index >= 15 is 0 Å². The van der Waals surface area contributed by atoms with Crippen LogP contribution in [0.25, 0.3) is 55.0 Å². The van der Waals surface area contributed by atoms with Gasteiger partial charge in [-0.3, -0.25) is 0 Å². The van der Waals surface area contributed by atoms with E-state index in [0.717, 1.165) is 49.3 Å². The van der Waals surface area contributed by atoms with Crippen molar-refractivity contribution >= 4 is 43.6 Å². The van der Waals surface area contributed by atoms with Crippen LogP contribution in [-0.2, 0) is 0 Å². The highest BCUT2D eigenvalue weighted by molar-refractivity contribution is 6.11. The zero-order valence-corrected chi connectivity index (χ0v) is 19.2. The van der Waals surface area contributed by atoms with Gasteiger partial charge < -0.3 is 9.13 Å². The quantitative estimate of drug-likeness (QED) is 0.267. The molecule has 0 unspecified atom stereocenters. The van der Waals surface area contributed by atoms with Crippen LogP contribution in [0.5, 0.6) is 0 Å². The molecule has 7 aromatic rings. The molecule has 2 aromatic heterocycles. The lowest BCUT2D eigenvalue weighted by atomic mass is 10.0. The molecule has 0 aliphatic carbocycles. The molecular formula is C32H18N4. The topological polar surface area (TPSA) is 57.4 Å². The second-order valence-corrected chi connectivity index (χ2v) is 8.82. The largest absolute Gasteiger partial charge is 0.308 e. The Balaban J connectivity index is 1.68. The summed E-state index contributed by atoms with van der Waals surface area (Å²) in [6.45, 7) is 0. The van der Waals surface area contributed by atoms with Gasteiger partial charge in [0.15, 0.2) is 0 Å². The van der Waals surface area contributed by atoms with Gasteiger partial charge in [0.2, 0.25) is 0 Å². The maximum atomic E-state index is 10.6. The van der Waals surface area contributed by atoms with Crippen LogP contribution in [0.1, 0.15) is 11.1 Å². The second-order valence-electron chi connectivity index (χ2n) is 8.82. The number of aromatic nitrogens is 2. The van der Waals surface area contributed by atoms with Gasteiger partial charge in [0.1, 0.15) is 17.7 Å². The molecule has 0 saturated carbocycles. The molecule has 0 amide bonds. The van der Waals surface area contributed by atoms with Crippen LogP contribution in [0.2, 0.25) is 0 Å². The maximum absolute atomic E-state index is 10.6. The summed E-state index contributed by atoms with van der Waals surface area (Å²) in [4.78, 5) is 0. The first kappa shape index (κ1) is 20.1. The normalized spacial score (nSPS) is 11.3. The van der Waals surface area contributed by atoms with E-state index in [4.69, 9.17) is 0 Å². The fourth-order valence-electron chi connectivity index (χ4n) is 5.55. The van der Waals surface area contributed by atoms with Crippen molar-refractivity contribution in [1.82, 2.24) is 9.13 Å². The summed E-state index contributed by atoms with van der Waals surface area (Å²) in [6.07, 6.45) is 0. The van der Waals surface area contributed by atoms with Crippen molar-refractivity contribution in [2.24, 2.45) is 0 Å². The molecule has 166 valence electrons. The average Bonchev–Trinajstić information content (AvgIpc) is 3.45. The van der Waals surface area contributed by atoms with E-state index in [0.29, 0.717) is 16.8 Å². The summed E-state index contributed by atoms with van der Waals surface area (Å²) in [5, 5.41) is 25.2. The first-order valence-corrected chi connectivity index (χ1v) is 11.8. The van der Waals surface area contributed by atoms with Crippen molar-refractivity contribution in [3.8, 4) is 23.5 Å². The fourth-order valence-corrected chi connectivity index (χ4v) is 5.55. The standard InChI is InChI=1S/C32H18N4/c33-19-21-17-18-31(35-27-13-5-1-9-22(27)23-10-2-6-14-28(23)35)26(20-34)32(21)36-29-15-7-3-11-24(29)25-12-4-8-16-30(25)36/h1-18H. The highest BCUT2D eigenvalue weighted by Crippen LogP contribution is 2.38. The predicted octanol–water partition coefficient (Wildman–Crippen LogP) is 7.62. The van der Waals surface area contributed by atoms with Crippen molar-refractivity contribution in [2.45, 2.75) is 0 Å². The van der Waals surface area contributed by atoms with Gasteiger partial charge in [-0.25, -0.2) is 0 Å². The molecule has 0 radical (unpaired) electrons. The zero-order valence-electron chi connectivity index (χ0n) is 19.2. The summed E-state index contributed by atoms with van der Waals surface area (Å²) >= 11 is 0. The lowest BCUT2D eigenvalue weighted by molar-refractivity contribution is 1.11. The molecule has 0 aliphatic rings. The third-order valence-electron chi connectivity index (χ3n) is 7.01. The van der Waals surface area contributed by atoms with Gasteiger partial charge in [-0.1, -0.05) is 72.8 Å². The summed E-state index contributed by atoms with van der Waals surface area (Å²) in [5.41, 5.74) is 6.26. The third-order valence-corrected chi connectivity index (χ3v) is 7.01. The van der Waals surface area contributed by atoms with E-state index in [1.807, 2.05) is 72.8 Å². The average molecular weight is 459 g/mol. The van der Waals surface area contributed by atoms with E-state index in [1.54, 1.807) is 0 Å². The summed E-state index contributed by atoms with van der Waals surface area (Å²) < 4.78 is 4.21. The smallest absolute Gasteiger partial charge is 0.104 e. The van der Waals surface area contributed by atoms with E-state index in [2.05, 4.69) is 57.7 Å². The Labute approximate surface area is 207 Å². The van der Waals surface area contributed by atoms with Gasteiger partial charge in [0.05, 0.1) is 39.0 Å². The van der Waals surface area contributed by atoms with Crippen LogP contribution < -0.4 is 0 Å². The summed E-state index contributed by atoms with van der Waals surface area (Å²) in [7, 11) is 0. The Bertz CT molecular complexity index is 1970. The van der Waals surface area contributed by atoms with Crippen LogP contribution >= 0.6 is 0 Å². The number of nitrogens with zero attached hydrogens (tertiary/aromatic N) is 4. The Kier molecular flexibility index (Phi) is 4.24. The molecule has 5 aromatic carbocycles. The number of benzene rings is 5. The number of hydrogen-bond acceptors (Lipinski definition) is 2. The molecule has 0 aliphatic heterocycles. The highest BCUT2D eigenvalue weighted by Gasteiger charge is 2.22. The van der Waals surface area contributed by atoms with Crippen LogP contribution in [0, 0.1) is 22.7 Å². The van der Waals surface area contributed by atoms with Gasteiger partial charge in [-0.05, 0) is 36.4 Å². The molecule has 0 atom stereocenters. The van der Waals surface area contributed by atoms with E-state index < -0.39 is 0 Å². The summed E-state index contributed by atoms with van der Waals surface area (Å²) in [6, 6.07) is 41.3. The molecule has 2 heterocycles. The minimum atomic E-state index is 0.461. The van der Waals surface area contributed by atoms with Crippen molar-refractivity contribution in [2.75, 3.05) is 0 Å².